The van der Waals surface area contributed by atoms with Gasteiger partial charge in [0.15, 0.2) is 0 Å². The lowest BCUT2D eigenvalue weighted by Gasteiger charge is -2.10. The fraction of sp³-hybridized carbons (Fsp3) is 0.100. The van der Waals surface area contributed by atoms with E-state index in [0.717, 1.165) is 11.1 Å². The van der Waals surface area contributed by atoms with Crippen LogP contribution in [0.5, 0.6) is 0 Å². The van der Waals surface area contributed by atoms with E-state index < -0.39 is 0 Å². The number of benzene rings is 2. The molecule has 1 N–H and O–H groups in total. The molecule has 3 rings (SSSR count). The molecule has 0 spiro atoms. The fourth-order valence-corrected chi connectivity index (χ4v) is 2.64. The summed E-state index contributed by atoms with van der Waals surface area (Å²) in [6.45, 7) is 2.42. The number of amides is 1. The Balaban J connectivity index is 1.82. The molecule has 0 aliphatic carbocycles. The predicted octanol–water partition coefficient (Wildman–Crippen LogP) is 4.11. The summed E-state index contributed by atoms with van der Waals surface area (Å²) in [5.74, 6) is -0.292. The van der Waals surface area contributed by atoms with E-state index in [9.17, 15) is 9.59 Å². The number of anilines is 1. The van der Waals surface area contributed by atoms with Gasteiger partial charge in [-0.25, -0.2) is 0 Å². The third-order valence-electron chi connectivity index (χ3n) is 3.80. The highest BCUT2D eigenvalue weighted by Crippen LogP contribution is 2.15. The summed E-state index contributed by atoms with van der Waals surface area (Å²) >= 11 is 5.92. The number of aryl methyl sites for hydroxylation is 1. The largest absolute Gasteiger partial charge is 0.322 e. The smallest absolute Gasteiger partial charge is 0.257 e. The van der Waals surface area contributed by atoms with Gasteiger partial charge in [-0.05, 0) is 36.8 Å². The van der Waals surface area contributed by atoms with Crippen LogP contribution in [-0.2, 0) is 6.54 Å². The molecule has 5 heteroatoms. The average Bonchev–Trinajstić information content (AvgIpc) is 2.59. The average molecular weight is 353 g/mol. The van der Waals surface area contributed by atoms with Gasteiger partial charge in [0.2, 0.25) is 0 Å². The lowest BCUT2D eigenvalue weighted by Crippen LogP contribution is -2.22. The van der Waals surface area contributed by atoms with Gasteiger partial charge in [0.25, 0.3) is 11.5 Å². The second-order valence-electron chi connectivity index (χ2n) is 5.83. The Bertz CT molecular complexity index is 962. The van der Waals surface area contributed by atoms with Crippen LogP contribution in [0.1, 0.15) is 21.5 Å². The number of halogens is 1. The van der Waals surface area contributed by atoms with E-state index in [2.05, 4.69) is 5.32 Å². The highest BCUT2D eigenvalue weighted by molar-refractivity contribution is 6.30. The van der Waals surface area contributed by atoms with E-state index in [1.54, 1.807) is 30.5 Å². The van der Waals surface area contributed by atoms with Crippen LogP contribution in [0, 0.1) is 6.92 Å². The number of carbonyl (C=O) groups is 1. The molecule has 3 aromatic rings. The maximum absolute atomic E-state index is 12.4. The van der Waals surface area contributed by atoms with Crippen LogP contribution in [0.25, 0.3) is 0 Å². The minimum Gasteiger partial charge on any atom is -0.322 e. The Kier molecular flexibility index (Phi) is 5.00. The SMILES string of the molecule is Cc1ccc(Cn2cc(C(=O)Nc3cccc(Cl)c3)ccc2=O)cc1. The van der Waals surface area contributed by atoms with Crippen molar-refractivity contribution in [2.24, 2.45) is 0 Å². The van der Waals surface area contributed by atoms with Crippen LogP contribution in [-0.4, -0.2) is 10.5 Å². The topological polar surface area (TPSA) is 51.1 Å². The van der Waals surface area contributed by atoms with Gasteiger partial charge in [0, 0.05) is 23.0 Å². The molecule has 126 valence electrons. The van der Waals surface area contributed by atoms with Crippen molar-refractivity contribution in [1.29, 1.82) is 0 Å². The Hall–Kier alpha value is -2.85. The minimum absolute atomic E-state index is 0.153. The minimum atomic E-state index is -0.292. The normalized spacial score (nSPS) is 10.5. The van der Waals surface area contributed by atoms with Crippen molar-refractivity contribution in [2.75, 3.05) is 5.32 Å². The number of rotatable bonds is 4. The zero-order chi connectivity index (χ0) is 17.8. The molecule has 0 aliphatic rings. The van der Waals surface area contributed by atoms with Gasteiger partial charge in [-0.3, -0.25) is 9.59 Å². The first-order valence-electron chi connectivity index (χ1n) is 7.84. The highest BCUT2D eigenvalue weighted by atomic mass is 35.5. The van der Waals surface area contributed by atoms with Crippen molar-refractivity contribution in [2.45, 2.75) is 13.5 Å². The van der Waals surface area contributed by atoms with Gasteiger partial charge in [-0.1, -0.05) is 47.5 Å². The number of nitrogens with one attached hydrogen (secondary N) is 1. The first kappa shape index (κ1) is 17.0. The van der Waals surface area contributed by atoms with Crippen LogP contribution in [0.2, 0.25) is 5.02 Å². The lowest BCUT2D eigenvalue weighted by molar-refractivity contribution is 0.102. The van der Waals surface area contributed by atoms with E-state index in [0.29, 0.717) is 22.8 Å². The molecule has 0 fully saturated rings. The molecule has 2 aromatic carbocycles. The second kappa shape index (κ2) is 7.36. The fourth-order valence-electron chi connectivity index (χ4n) is 2.45. The van der Waals surface area contributed by atoms with Crippen molar-refractivity contribution >= 4 is 23.2 Å². The zero-order valence-corrected chi connectivity index (χ0v) is 14.5. The third-order valence-corrected chi connectivity index (χ3v) is 4.04. The number of hydrogen-bond donors (Lipinski definition) is 1. The van der Waals surface area contributed by atoms with E-state index in [-0.39, 0.29) is 11.5 Å². The Morgan fingerprint density at radius 1 is 1.08 bits per heavy atom. The van der Waals surface area contributed by atoms with Crippen molar-refractivity contribution in [3.8, 4) is 0 Å². The van der Waals surface area contributed by atoms with Crippen molar-refractivity contribution in [1.82, 2.24) is 4.57 Å². The van der Waals surface area contributed by atoms with Crippen LogP contribution in [0.3, 0.4) is 0 Å². The molecule has 4 nitrogen and oxygen atoms in total. The number of nitrogens with zero attached hydrogens (tertiary/aromatic N) is 1. The van der Waals surface area contributed by atoms with Crippen LogP contribution < -0.4 is 10.9 Å². The van der Waals surface area contributed by atoms with Gasteiger partial charge >= 0.3 is 0 Å². The summed E-state index contributed by atoms with van der Waals surface area (Å²) in [7, 11) is 0. The molecule has 0 aliphatic heterocycles. The quantitative estimate of drug-likeness (QED) is 0.768. The first-order valence-corrected chi connectivity index (χ1v) is 8.22. The molecular formula is C20H17ClN2O2. The van der Waals surface area contributed by atoms with Crippen LogP contribution >= 0.6 is 11.6 Å². The maximum Gasteiger partial charge on any atom is 0.257 e. The first-order chi connectivity index (χ1) is 12.0. The van der Waals surface area contributed by atoms with Gasteiger partial charge in [-0.2, -0.15) is 0 Å². The standard InChI is InChI=1S/C20H17ClN2O2/c1-14-5-7-15(8-6-14)12-23-13-16(9-10-19(23)24)20(25)22-18-4-2-3-17(21)11-18/h2-11,13H,12H2,1H3,(H,22,25). The van der Waals surface area contributed by atoms with E-state index >= 15 is 0 Å². The molecule has 1 heterocycles. The molecule has 0 saturated carbocycles. The molecule has 0 bridgehead atoms. The summed E-state index contributed by atoms with van der Waals surface area (Å²) in [5.41, 5.74) is 3.02. The Morgan fingerprint density at radius 2 is 1.84 bits per heavy atom. The molecule has 1 aromatic heterocycles. The van der Waals surface area contributed by atoms with Crippen LogP contribution in [0.15, 0.2) is 71.7 Å². The molecule has 0 unspecified atom stereocenters. The zero-order valence-electron chi connectivity index (χ0n) is 13.7. The third kappa shape index (κ3) is 4.37. The number of hydrogen-bond acceptors (Lipinski definition) is 2. The summed E-state index contributed by atoms with van der Waals surface area (Å²) in [5, 5.41) is 3.32. The second-order valence-corrected chi connectivity index (χ2v) is 6.27. The van der Waals surface area contributed by atoms with Gasteiger partial charge < -0.3 is 9.88 Å². The number of carbonyl (C=O) groups excluding carboxylic acids is 1. The lowest BCUT2D eigenvalue weighted by atomic mass is 10.1. The van der Waals surface area contributed by atoms with Crippen molar-refractivity contribution < 1.29 is 4.79 Å². The van der Waals surface area contributed by atoms with Crippen molar-refractivity contribution in [3.63, 3.8) is 0 Å². The van der Waals surface area contributed by atoms with Gasteiger partial charge in [0.1, 0.15) is 0 Å². The molecule has 0 atom stereocenters. The Labute approximate surface area is 150 Å². The molecule has 0 radical (unpaired) electrons. The summed E-state index contributed by atoms with van der Waals surface area (Å²) in [6.07, 6.45) is 1.57. The van der Waals surface area contributed by atoms with E-state index in [1.807, 2.05) is 31.2 Å². The number of pyridine rings is 1. The summed E-state index contributed by atoms with van der Waals surface area (Å²) in [6, 6.07) is 17.8. The van der Waals surface area contributed by atoms with Crippen molar-refractivity contribution in [3.05, 3.63) is 98.9 Å². The van der Waals surface area contributed by atoms with E-state index in [4.69, 9.17) is 11.6 Å². The van der Waals surface area contributed by atoms with Gasteiger partial charge in [0.05, 0.1) is 12.1 Å². The predicted molar refractivity (Wildman–Crippen MR) is 100 cm³/mol. The van der Waals surface area contributed by atoms with E-state index in [1.165, 1.54) is 16.7 Å². The monoisotopic (exact) mass is 352 g/mol. The maximum atomic E-state index is 12.4. The Morgan fingerprint density at radius 3 is 2.56 bits per heavy atom. The molecule has 1 amide bonds. The van der Waals surface area contributed by atoms with Gasteiger partial charge in [-0.15, -0.1) is 0 Å². The highest BCUT2D eigenvalue weighted by Gasteiger charge is 2.09. The van der Waals surface area contributed by atoms with Crippen LogP contribution in [0.4, 0.5) is 5.69 Å². The number of aromatic nitrogens is 1. The molecular weight excluding hydrogens is 336 g/mol. The molecule has 25 heavy (non-hydrogen) atoms. The molecule has 0 saturated heterocycles. The summed E-state index contributed by atoms with van der Waals surface area (Å²) in [4.78, 5) is 24.5. The summed E-state index contributed by atoms with van der Waals surface area (Å²) < 4.78 is 1.53.